The van der Waals surface area contributed by atoms with E-state index in [4.69, 9.17) is 9.47 Å². The van der Waals surface area contributed by atoms with Crippen molar-refractivity contribution in [3.8, 4) is 11.5 Å². The van der Waals surface area contributed by atoms with E-state index in [0.717, 1.165) is 17.1 Å². The molecule has 0 fully saturated rings. The highest BCUT2D eigenvalue weighted by atomic mass is 16.5. The van der Waals surface area contributed by atoms with Gasteiger partial charge in [0.1, 0.15) is 18.1 Å². The third-order valence-electron chi connectivity index (χ3n) is 2.82. The number of esters is 1. The fourth-order valence-electron chi connectivity index (χ4n) is 1.51. The highest BCUT2D eigenvalue weighted by molar-refractivity contribution is 5.65. The van der Waals surface area contributed by atoms with Crippen LogP contribution in [0.4, 0.5) is 0 Å². The van der Waals surface area contributed by atoms with Crippen LogP contribution in [-0.2, 0) is 16.1 Å². The summed E-state index contributed by atoms with van der Waals surface area (Å²) < 4.78 is 10.6. The summed E-state index contributed by atoms with van der Waals surface area (Å²) in [6.45, 7) is 6.02. The molecule has 0 aliphatic carbocycles. The van der Waals surface area contributed by atoms with E-state index in [1.54, 1.807) is 0 Å². The van der Waals surface area contributed by atoms with Gasteiger partial charge in [0.05, 0.1) is 0 Å². The fraction of sp³-hybridized carbons (Fsp3) is 0.316. The Hall–Kier alpha value is -2.29. The van der Waals surface area contributed by atoms with Gasteiger partial charge in [-0.2, -0.15) is 0 Å². The molecule has 3 nitrogen and oxygen atoms in total. The molecule has 0 aliphatic rings. The fourth-order valence-corrected chi connectivity index (χ4v) is 1.51. The van der Waals surface area contributed by atoms with Crippen LogP contribution in [-0.4, -0.2) is 5.97 Å². The molecule has 2 rings (SSSR count). The highest BCUT2D eigenvalue weighted by Crippen LogP contribution is 2.21. The number of hydrogen-bond acceptors (Lipinski definition) is 3. The lowest BCUT2D eigenvalue weighted by molar-refractivity contribution is -0.142. The molecule has 2 aromatic rings. The van der Waals surface area contributed by atoms with Crippen molar-refractivity contribution in [2.45, 2.75) is 40.2 Å². The summed E-state index contributed by atoms with van der Waals surface area (Å²) in [6, 6.07) is 17.0. The van der Waals surface area contributed by atoms with Crippen LogP contribution in [0.15, 0.2) is 54.6 Å². The molecule has 22 heavy (non-hydrogen) atoms. The van der Waals surface area contributed by atoms with E-state index < -0.39 is 0 Å². The van der Waals surface area contributed by atoms with Crippen molar-refractivity contribution in [2.24, 2.45) is 0 Å². The Labute approximate surface area is 132 Å². The van der Waals surface area contributed by atoms with Crippen molar-refractivity contribution in [3.63, 3.8) is 0 Å². The van der Waals surface area contributed by atoms with E-state index in [-0.39, 0.29) is 12.6 Å². The zero-order valence-corrected chi connectivity index (χ0v) is 13.5. The molecule has 0 aliphatic heterocycles. The van der Waals surface area contributed by atoms with Gasteiger partial charge >= 0.3 is 5.97 Å². The van der Waals surface area contributed by atoms with E-state index in [1.165, 1.54) is 19.8 Å². The van der Waals surface area contributed by atoms with Crippen LogP contribution >= 0.6 is 0 Å². The van der Waals surface area contributed by atoms with Gasteiger partial charge in [-0.1, -0.05) is 57.0 Å². The van der Waals surface area contributed by atoms with E-state index in [0.29, 0.717) is 0 Å². The van der Waals surface area contributed by atoms with Crippen molar-refractivity contribution >= 4 is 5.97 Å². The quantitative estimate of drug-likeness (QED) is 0.698. The van der Waals surface area contributed by atoms with Gasteiger partial charge in [-0.3, -0.25) is 4.79 Å². The molecule has 0 radical (unpaired) electrons. The predicted molar refractivity (Wildman–Crippen MR) is 89.0 cm³/mol. The Morgan fingerprint density at radius 1 is 0.909 bits per heavy atom. The second-order valence-corrected chi connectivity index (χ2v) is 4.84. The van der Waals surface area contributed by atoms with E-state index in [1.807, 2.05) is 54.6 Å². The molecule has 118 valence electrons. The minimum atomic E-state index is -0.288. The van der Waals surface area contributed by atoms with Gasteiger partial charge in [0.2, 0.25) is 0 Å². The SMILES string of the molecule is CC(=O)OCc1cccc(Oc2ccccc2)c1.CCCC. The summed E-state index contributed by atoms with van der Waals surface area (Å²) in [6.07, 6.45) is 2.64. The number of unbranched alkanes of at least 4 members (excludes halogenated alkanes) is 1. The lowest BCUT2D eigenvalue weighted by atomic mass is 10.2. The first-order valence-corrected chi connectivity index (χ1v) is 7.60. The molecule has 0 atom stereocenters. The number of carbonyl (C=O) groups excluding carboxylic acids is 1. The topological polar surface area (TPSA) is 35.5 Å². The molecule has 0 aromatic heterocycles. The van der Waals surface area contributed by atoms with Crippen molar-refractivity contribution in [2.75, 3.05) is 0 Å². The van der Waals surface area contributed by atoms with Crippen molar-refractivity contribution in [3.05, 3.63) is 60.2 Å². The minimum absolute atomic E-state index is 0.265. The summed E-state index contributed by atoms with van der Waals surface area (Å²) >= 11 is 0. The molecule has 0 unspecified atom stereocenters. The van der Waals surface area contributed by atoms with Crippen LogP contribution in [0.1, 0.15) is 39.2 Å². The van der Waals surface area contributed by atoms with E-state index in [2.05, 4.69) is 13.8 Å². The Kier molecular flexibility index (Phi) is 8.43. The number of hydrogen-bond donors (Lipinski definition) is 0. The van der Waals surface area contributed by atoms with Crippen LogP contribution in [0.5, 0.6) is 11.5 Å². The molecule has 2 aromatic carbocycles. The Bertz CT molecular complexity index is 548. The molecular weight excluding hydrogens is 276 g/mol. The standard InChI is InChI=1S/C15H14O3.C4H10/c1-12(16)17-11-13-6-5-9-15(10-13)18-14-7-3-2-4-8-14;1-3-4-2/h2-10H,11H2,1H3;3-4H2,1-2H3. The first-order valence-electron chi connectivity index (χ1n) is 7.60. The Morgan fingerprint density at radius 2 is 1.55 bits per heavy atom. The normalized spacial score (nSPS) is 9.41. The number of rotatable bonds is 5. The number of benzene rings is 2. The van der Waals surface area contributed by atoms with Gasteiger partial charge in [0.25, 0.3) is 0 Å². The molecule has 3 heteroatoms. The number of carbonyl (C=O) groups is 1. The molecule has 0 N–H and O–H groups in total. The second-order valence-electron chi connectivity index (χ2n) is 4.84. The molecule has 0 bridgehead atoms. The van der Waals surface area contributed by atoms with Crippen molar-refractivity contribution in [1.29, 1.82) is 0 Å². The van der Waals surface area contributed by atoms with E-state index >= 15 is 0 Å². The first kappa shape index (κ1) is 17.8. The van der Waals surface area contributed by atoms with Gasteiger partial charge in [-0.15, -0.1) is 0 Å². The summed E-state index contributed by atoms with van der Waals surface area (Å²) in [4.78, 5) is 10.7. The van der Waals surface area contributed by atoms with Crippen LogP contribution in [0, 0.1) is 0 Å². The minimum Gasteiger partial charge on any atom is -0.461 e. The third kappa shape index (κ3) is 7.48. The smallest absolute Gasteiger partial charge is 0.302 e. The lowest BCUT2D eigenvalue weighted by Crippen LogP contribution is -1.98. The summed E-state index contributed by atoms with van der Waals surface area (Å²) in [5.41, 5.74) is 0.902. The summed E-state index contributed by atoms with van der Waals surface area (Å²) in [5.74, 6) is 1.22. The van der Waals surface area contributed by atoms with Gasteiger partial charge in [0, 0.05) is 6.92 Å². The maximum absolute atomic E-state index is 10.7. The van der Waals surface area contributed by atoms with Crippen LogP contribution in [0.25, 0.3) is 0 Å². The van der Waals surface area contributed by atoms with Gasteiger partial charge in [0.15, 0.2) is 0 Å². The molecule has 0 heterocycles. The van der Waals surface area contributed by atoms with E-state index in [9.17, 15) is 4.79 Å². The molecule has 0 spiro atoms. The maximum atomic E-state index is 10.7. The highest BCUT2D eigenvalue weighted by Gasteiger charge is 2.00. The Balaban J connectivity index is 0.000000541. The number of ether oxygens (including phenoxy) is 2. The van der Waals surface area contributed by atoms with Gasteiger partial charge in [-0.25, -0.2) is 0 Å². The first-order chi connectivity index (χ1) is 10.7. The zero-order valence-electron chi connectivity index (χ0n) is 13.5. The largest absolute Gasteiger partial charge is 0.461 e. The van der Waals surface area contributed by atoms with Gasteiger partial charge < -0.3 is 9.47 Å². The van der Waals surface area contributed by atoms with Crippen molar-refractivity contribution < 1.29 is 14.3 Å². The predicted octanol–water partition coefficient (Wildman–Crippen LogP) is 5.35. The van der Waals surface area contributed by atoms with Crippen LogP contribution in [0.2, 0.25) is 0 Å². The molecule has 0 amide bonds. The van der Waals surface area contributed by atoms with Gasteiger partial charge in [-0.05, 0) is 29.8 Å². The summed E-state index contributed by atoms with van der Waals surface area (Å²) in [7, 11) is 0. The van der Waals surface area contributed by atoms with Crippen molar-refractivity contribution in [1.82, 2.24) is 0 Å². The number of para-hydroxylation sites is 1. The summed E-state index contributed by atoms with van der Waals surface area (Å²) in [5, 5.41) is 0. The van der Waals surface area contributed by atoms with Crippen LogP contribution in [0.3, 0.4) is 0 Å². The monoisotopic (exact) mass is 300 g/mol. The molecular formula is C19H24O3. The zero-order chi connectivity index (χ0) is 16.2. The molecule has 0 saturated heterocycles. The third-order valence-corrected chi connectivity index (χ3v) is 2.82. The lowest BCUT2D eigenvalue weighted by Gasteiger charge is -2.07. The average molecular weight is 300 g/mol. The second kappa shape index (κ2) is 10.4. The Morgan fingerprint density at radius 3 is 2.14 bits per heavy atom. The molecule has 0 saturated carbocycles. The van der Waals surface area contributed by atoms with Crippen LogP contribution < -0.4 is 4.74 Å². The maximum Gasteiger partial charge on any atom is 0.302 e. The average Bonchev–Trinajstić information content (AvgIpc) is 2.54.